The molecule has 0 bridgehead atoms. The Hall–Kier alpha value is -1.22. The summed E-state index contributed by atoms with van der Waals surface area (Å²) in [6.07, 6.45) is 1.68. The van der Waals surface area contributed by atoms with Crippen LogP contribution in [-0.2, 0) is 11.2 Å². The van der Waals surface area contributed by atoms with Crippen LogP contribution < -0.4 is 4.74 Å². The van der Waals surface area contributed by atoms with Crippen LogP contribution in [0.1, 0.15) is 69.6 Å². The molecule has 0 fully saturated rings. The van der Waals surface area contributed by atoms with Gasteiger partial charge in [0.15, 0.2) is 0 Å². The van der Waals surface area contributed by atoms with Gasteiger partial charge in [-0.1, -0.05) is 27.7 Å². The predicted octanol–water partition coefficient (Wildman–Crippen LogP) is 4.33. The zero-order chi connectivity index (χ0) is 15.1. The number of hydrogen-bond donors (Lipinski definition) is 1. The lowest BCUT2D eigenvalue weighted by Crippen LogP contribution is -2.38. The number of hydrogen-bond acceptors (Lipinski definition) is 3. The number of ether oxygens (including phenoxy) is 2. The van der Waals surface area contributed by atoms with Crippen molar-refractivity contribution in [3.05, 3.63) is 22.8 Å². The highest BCUT2D eigenvalue weighted by Crippen LogP contribution is 2.45. The Morgan fingerprint density at radius 3 is 2.40 bits per heavy atom. The molecule has 1 unspecified atom stereocenters. The van der Waals surface area contributed by atoms with E-state index in [2.05, 4.69) is 27.7 Å². The number of methoxy groups -OCH3 is 1. The Labute approximate surface area is 121 Å². The zero-order valence-electron chi connectivity index (χ0n) is 13.4. The van der Waals surface area contributed by atoms with Crippen molar-refractivity contribution >= 4 is 0 Å². The molecule has 0 radical (unpaired) electrons. The summed E-state index contributed by atoms with van der Waals surface area (Å²) in [6.45, 7) is 10.4. The van der Waals surface area contributed by atoms with E-state index in [1.54, 1.807) is 7.11 Å². The Kier molecular flexibility index (Phi) is 4.01. The van der Waals surface area contributed by atoms with Gasteiger partial charge < -0.3 is 14.6 Å². The lowest BCUT2D eigenvalue weighted by atomic mass is 9.85. The van der Waals surface area contributed by atoms with Gasteiger partial charge in [-0.15, -0.1) is 0 Å². The minimum absolute atomic E-state index is 0.261. The third-order valence-electron chi connectivity index (χ3n) is 4.22. The van der Waals surface area contributed by atoms with Gasteiger partial charge in [-0.3, -0.25) is 0 Å². The van der Waals surface area contributed by atoms with Crippen molar-refractivity contribution in [1.82, 2.24) is 0 Å². The molecule has 1 heterocycles. The summed E-state index contributed by atoms with van der Waals surface area (Å²) in [5.74, 6) is 1.28. The SMILES string of the molecule is COC1(C)CCc2c(cc(C(C)C)c(O)c2C(C)C)O1. The average molecular weight is 278 g/mol. The number of phenolic OH excluding ortho intramolecular Hbond substituents is 1. The van der Waals surface area contributed by atoms with Crippen LogP contribution in [0.15, 0.2) is 6.07 Å². The van der Waals surface area contributed by atoms with Crippen molar-refractivity contribution in [2.75, 3.05) is 7.11 Å². The molecule has 0 spiro atoms. The summed E-state index contributed by atoms with van der Waals surface area (Å²) < 4.78 is 11.6. The second-order valence-corrected chi connectivity index (χ2v) is 6.45. The normalized spacial score (nSPS) is 22.0. The van der Waals surface area contributed by atoms with Crippen molar-refractivity contribution in [1.29, 1.82) is 0 Å². The molecule has 0 saturated carbocycles. The van der Waals surface area contributed by atoms with Gasteiger partial charge in [-0.2, -0.15) is 0 Å². The summed E-state index contributed by atoms with van der Waals surface area (Å²) in [5, 5.41) is 10.6. The first-order valence-electron chi connectivity index (χ1n) is 7.42. The summed E-state index contributed by atoms with van der Waals surface area (Å²) in [7, 11) is 1.68. The second-order valence-electron chi connectivity index (χ2n) is 6.45. The minimum atomic E-state index is -0.563. The van der Waals surface area contributed by atoms with Crippen LogP contribution in [0.2, 0.25) is 0 Å². The number of benzene rings is 1. The lowest BCUT2D eigenvalue weighted by molar-refractivity contribution is -0.160. The molecule has 3 nitrogen and oxygen atoms in total. The van der Waals surface area contributed by atoms with Gasteiger partial charge in [0.05, 0.1) is 0 Å². The molecule has 1 aliphatic heterocycles. The fourth-order valence-electron chi connectivity index (χ4n) is 2.92. The molecular weight excluding hydrogens is 252 g/mol. The first-order valence-corrected chi connectivity index (χ1v) is 7.42. The molecule has 0 amide bonds. The van der Waals surface area contributed by atoms with Crippen LogP contribution in [0, 0.1) is 0 Å². The third-order valence-corrected chi connectivity index (χ3v) is 4.22. The molecule has 1 atom stereocenters. The topological polar surface area (TPSA) is 38.7 Å². The van der Waals surface area contributed by atoms with Crippen molar-refractivity contribution in [3.63, 3.8) is 0 Å². The summed E-state index contributed by atoms with van der Waals surface area (Å²) in [4.78, 5) is 0. The maximum atomic E-state index is 10.6. The van der Waals surface area contributed by atoms with Gasteiger partial charge in [0, 0.05) is 37.1 Å². The van der Waals surface area contributed by atoms with Gasteiger partial charge in [0.2, 0.25) is 5.79 Å². The maximum absolute atomic E-state index is 10.6. The Balaban J connectivity index is 2.60. The molecule has 2 rings (SSSR count). The fraction of sp³-hybridized carbons (Fsp3) is 0.647. The first-order chi connectivity index (χ1) is 9.29. The first kappa shape index (κ1) is 15.2. The Bertz CT molecular complexity index is 505. The molecule has 1 aromatic rings. The number of phenols is 1. The molecule has 0 aromatic heterocycles. The molecule has 1 N–H and O–H groups in total. The van der Waals surface area contributed by atoms with E-state index in [0.717, 1.165) is 35.3 Å². The highest BCUT2D eigenvalue weighted by atomic mass is 16.7. The van der Waals surface area contributed by atoms with E-state index >= 15 is 0 Å². The predicted molar refractivity (Wildman–Crippen MR) is 80.6 cm³/mol. The quantitative estimate of drug-likeness (QED) is 0.894. The van der Waals surface area contributed by atoms with Crippen molar-refractivity contribution in [3.8, 4) is 11.5 Å². The standard InChI is InChI=1S/C17H26O3/c1-10(2)13-9-14-12(15(11(3)4)16(13)18)7-8-17(5,19-6)20-14/h9-11,18H,7-8H2,1-6H3. The largest absolute Gasteiger partial charge is 0.507 e. The van der Waals surface area contributed by atoms with Crippen LogP contribution in [-0.4, -0.2) is 18.0 Å². The van der Waals surface area contributed by atoms with E-state index < -0.39 is 5.79 Å². The highest BCUT2D eigenvalue weighted by molar-refractivity contribution is 5.56. The van der Waals surface area contributed by atoms with Gasteiger partial charge in [0.1, 0.15) is 11.5 Å². The van der Waals surface area contributed by atoms with E-state index in [1.165, 1.54) is 0 Å². The molecular formula is C17H26O3. The third kappa shape index (κ3) is 2.51. The molecule has 0 aliphatic carbocycles. The zero-order valence-corrected chi connectivity index (χ0v) is 13.4. The smallest absolute Gasteiger partial charge is 0.207 e. The van der Waals surface area contributed by atoms with Gasteiger partial charge >= 0.3 is 0 Å². The van der Waals surface area contributed by atoms with E-state index in [4.69, 9.17) is 9.47 Å². The molecule has 1 aromatic carbocycles. The monoisotopic (exact) mass is 278 g/mol. The van der Waals surface area contributed by atoms with Crippen molar-refractivity contribution in [2.45, 2.75) is 65.1 Å². The van der Waals surface area contributed by atoms with E-state index in [-0.39, 0.29) is 11.8 Å². The van der Waals surface area contributed by atoms with E-state index in [1.807, 2.05) is 13.0 Å². The lowest BCUT2D eigenvalue weighted by Gasteiger charge is -2.36. The number of fused-ring (bicyclic) bond motifs is 1. The van der Waals surface area contributed by atoms with Crippen LogP contribution in [0.25, 0.3) is 0 Å². The summed E-state index contributed by atoms with van der Waals surface area (Å²) >= 11 is 0. The van der Waals surface area contributed by atoms with Crippen LogP contribution >= 0.6 is 0 Å². The van der Waals surface area contributed by atoms with Crippen LogP contribution in [0.3, 0.4) is 0 Å². The average Bonchev–Trinajstić information content (AvgIpc) is 2.37. The molecule has 20 heavy (non-hydrogen) atoms. The summed E-state index contributed by atoms with van der Waals surface area (Å²) in [6, 6.07) is 1.98. The molecule has 0 saturated heterocycles. The Morgan fingerprint density at radius 2 is 1.90 bits per heavy atom. The minimum Gasteiger partial charge on any atom is -0.507 e. The van der Waals surface area contributed by atoms with E-state index in [9.17, 15) is 5.11 Å². The number of rotatable bonds is 3. The Morgan fingerprint density at radius 1 is 1.25 bits per heavy atom. The van der Waals surface area contributed by atoms with Gasteiger partial charge in [-0.05, 0) is 24.3 Å². The van der Waals surface area contributed by atoms with Crippen LogP contribution in [0.5, 0.6) is 11.5 Å². The van der Waals surface area contributed by atoms with Crippen molar-refractivity contribution < 1.29 is 14.6 Å². The summed E-state index contributed by atoms with van der Waals surface area (Å²) in [5.41, 5.74) is 3.12. The van der Waals surface area contributed by atoms with Crippen LogP contribution in [0.4, 0.5) is 0 Å². The second kappa shape index (κ2) is 5.28. The van der Waals surface area contributed by atoms with Gasteiger partial charge in [-0.25, -0.2) is 0 Å². The van der Waals surface area contributed by atoms with E-state index in [0.29, 0.717) is 5.75 Å². The molecule has 112 valence electrons. The maximum Gasteiger partial charge on any atom is 0.207 e. The fourth-order valence-corrected chi connectivity index (χ4v) is 2.92. The molecule has 3 heteroatoms. The number of aromatic hydroxyl groups is 1. The highest BCUT2D eigenvalue weighted by Gasteiger charge is 2.34. The van der Waals surface area contributed by atoms with Crippen molar-refractivity contribution in [2.24, 2.45) is 0 Å². The van der Waals surface area contributed by atoms with Gasteiger partial charge in [0.25, 0.3) is 0 Å². The molecule has 1 aliphatic rings.